The van der Waals surface area contributed by atoms with Crippen molar-refractivity contribution >= 4 is 16.7 Å². The fourth-order valence-corrected chi connectivity index (χ4v) is 3.75. The molecule has 140 valence electrons. The largest absolute Gasteiger partial charge is 0.350 e. The summed E-state index contributed by atoms with van der Waals surface area (Å²) in [5.74, 6) is -0.145. The number of fused-ring (bicyclic) bond motifs is 1. The van der Waals surface area contributed by atoms with Gasteiger partial charge in [-0.25, -0.2) is 4.68 Å². The number of benzene rings is 2. The summed E-state index contributed by atoms with van der Waals surface area (Å²) in [6.07, 6.45) is 2.83. The topological polar surface area (TPSA) is 71.8 Å². The number of rotatable bonds is 5. The quantitative estimate of drug-likeness (QED) is 0.731. The molecule has 1 saturated heterocycles. The van der Waals surface area contributed by atoms with Crippen LogP contribution in [0.15, 0.2) is 42.5 Å². The van der Waals surface area contributed by atoms with Gasteiger partial charge in [-0.05, 0) is 55.6 Å². The number of piperidine rings is 1. The second-order valence-electron chi connectivity index (χ2n) is 7.14. The molecule has 4 rings (SSSR count). The van der Waals surface area contributed by atoms with Crippen LogP contribution in [0.3, 0.4) is 0 Å². The van der Waals surface area contributed by atoms with Crippen LogP contribution in [0.4, 0.5) is 0 Å². The van der Waals surface area contributed by atoms with Gasteiger partial charge in [-0.1, -0.05) is 47.7 Å². The third-order valence-corrected chi connectivity index (χ3v) is 5.31. The molecule has 0 atom stereocenters. The Hall–Kier alpha value is -2.73. The van der Waals surface area contributed by atoms with Crippen LogP contribution in [0.1, 0.15) is 40.6 Å². The molecule has 2 aromatic carbocycles. The van der Waals surface area contributed by atoms with Crippen LogP contribution >= 0.6 is 0 Å². The Bertz CT molecular complexity index is 943. The summed E-state index contributed by atoms with van der Waals surface area (Å²) in [7, 11) is 0. The molecule has 0 saturated carbocycles. The van der Waals surface area contributed by atoms with Crippen molar-refractivity contribution in [1.29, 1.82) is 0 Å². The van der Waals surface area contributed by atoms with Crippen LogP contribution in [0.5, 0.6) is 0 Å². The molecular weight excluding hydrogens is 338 g/mol. The van der Waals surface area contributed by atoms with E-state index in [-0.39, 0.29) is 5.91 Å². The van der Waals surface area contributed by atoms with E-state index < -0.39 is 0 Å². The van der Waals surface area contributed by atoms with Crippen molar-refractivity contribution in [3.05, 3.63) is 59.4 Å². The van der Waals surface area contributed by atoms with Crippen molar-refractivity contribution in [2.45, 2.75) is 32.2 Å². The van der Waals surface area contributed by atoms with E-state index in [4.69, 9.17) is 0 Å². The molecule has 3 aromatic rings. The smallest absolute Gasteiger partial charge is 0.273 e. The van der Waals surface area contributed by atoms with Gasteiger partial charge >= 0.3 is 0 Å². The standard InChI is InChI=1S/C21H25N5O/c1-15-20(24-25-26(15)19-9-11-22-12-10-19)21(27)23-13-8-16-6-7-17-4-2-3-5-18(17)14-16/h2-7,14,19,22H,8-13H2,1H3,(H,23,27). The van der Waals surface area contributed by atoms with Gasteiger partial charge in [0.1, 0.15) is 0 Å². The molecule has 1 amide bonds. The lowest BCUT2D eigenvalue weighted by Gasteiger charge is -2.23. The van der Waals surface area contributed by atoms with Gasteiger partial charge < -0.3 is 10.6 Å². The van der Waals surface area contributed by atoms with Gasteiger partial charge in [-0.15, -0.1) is 5.10 Å². The molecule has 0 aliphatic carbocycles. The van der Waals surface area contributed by atoms with Gasteiger partial charge in [0, 0.05) is 6.54 Å². The zero-order valence-corrected chi connectivity index (χ0v) is 15.6. The lowest BCUT2D eigenvalue weighted by molar-refractivity contribution is 0.0948. The molecular formula is C21H25N5O. The van der Waals surface area contributed by atoms with Crippen LogP contribution in [-0.2, 0) is 6.42 Å². The number of nitrogens with zero attached hydrogens (tertiary/aromatic N) is 3. The Balaban J connectivity index is 1.37. The van der Waals surface area contributed by atoms with Crippen LogP contribution < -0.4 is 10.6 Å². The van der Waals surface area contributed by atoms with E-state index in [1.807, 2.05) is 23.7 Å². The first-order chi connectivity index (χ1) is 13.2. The predicted octanol–water partition coefficient (Wildman–Crippen LogP) is 2.64. The highest BCUT2D eigenvalue weighted by Gasteiger charge is 2.22. The van der Waals surface area contributed by atoms with E-state index in [2.05, 4.69) is 51.3 Å². The molecule has 0 radical (unpaired) electrons. The Morgan fingerprint density at radius 1 is 1.19 bits per heavy atom. The van der Waals surface area contributed by atoms with E-state index in [1.165, 1.54) is 16.3 Å². The zero-order valence-electron chi connectivity index (χ0n) is 15.6. The number of nitrogens with one attached hydrogen (secondary N) is 2. The Morgan fingerprint density at radius 2 is 1.96 bits per heavy atom. The highest BCUT2D eigenvalue weighted by atomic mass is 16.2. The van der Waals surface area contributed by atoms with E-state index in [9.17, 15) is 4.79 Å². The summed E-state index contributed by atoms with van der Waals surface area (Å²) in [6, 6.07) is 15.1. The van der Waals surface area contributed by atoms with Crippen molar-refractivity contribution in [3.8, 4) is 0 Å². The number of carbonyl (C=O) groups excluding carboxylic acids is 1. The maximum Gasteiger partial charge on any atom is 0.273 e. The Morgan fingerprint density at radius 3 is 2.78 bits per heavy atom. The maximum absolute atomic E-state index is 12.5. The summed E-state index contributed by atoms with van der Waals surface area (Å²) < 4.78 is 1.92. The minimum atomic E-state index is -0.145. The number of hydrogen-bond acceptors (Lipinski definition) is 4. The molecule has 1 aliphatic rings. The number of carbonyl (C=O) groups is 1. The lowest BCUT2D eigenvalue weighted by Crippen LogP contribution is -2.30. The molecule has 0 spiro atoms. The first-order valence-electron chi connectivity index (χ1n) is 9.61. The van der Waals surface area contributed by atoms with Crippen LogP contribution in [0, 0.1) is 6.92 Å². The average molecular weight is 363 g/mol. The summed E-state index contributed by atoms with van der Waals surface area (Å²) in [6.45, 7) is 4.48. The third-order valence-electron chi connectivity index (χ3n) is 5.31. The molecule has 1 aromatic heterocycles. The van der Waals surface area contributed by atoms with Crippen molar-refractivity contribution in [1.82, 2.24) is 25.6 Å². The summed E-state index contributed by atoms with van der Waals surface area (Å²) in [5, 5.41) is 17.2. The first-order valence-corrected chi connectivity index (χ1v) is 9.61. The highest BCUT2D eigenvalue weighted by molar-refractivity contribution is 5.93. The fourth-order valence-electron chi connectivity index (χ4n) is 3.75. The van der Waals surface area contributed by atoms with Crippen LogP contribution in [-0.4, -0.2) is 40.5 Å². The molecule has 1 aliphatic heterocycles. The van der Waals surface area contributed by atoms with Gasteiger partial charge in [0.05, 0.1) is 11.7 Å². The molecule has 0 bridgehead atoms. The first kappa shape index (κ1) is 17.7. The number of aromatic nitrogens is 3. The maximum atomic E-state index is 12.5. The van der Waals surface area contributed by atoms with Gasteiger partial charge in [-0.3, -0.25) is 4.79 Å². The molecule has 2 N–H and O–H groups in total. The van der Waals surface area contributed by atoms with E-state index in [0.717, 1.165) is 38.0 Å². The lowest BCUT2D eigenvalue weighted by atomic mass is 10.1. The van der Waals surface area contributed by atoms with Crippen molar-refractivity contribution < 1.29 is 4.79 Å². The van der Waals surface area contributed by atoms with E-state index in [1.54, 1.807) is 0 Å². The summed E-state index contributed by atoms with van der Waals surface area (Å²) in [5.41, 5.74) is 2.50. The van der Waals surface area contributed by atoms with Gasteiger partial charge in [0.15, 0.2) is 5.69 Å². The molecule has 0 unspecified atom stereocenters. The monoisotopic (exact) mass is 363 g/mol. The molecule has 6 heteroatoms. The number of amides is 1. The summed E-state index contributed by atoms with van der Waals surface area (Å²) in [4.78, 5) is 12.5. The van der Waals surface area contributed by atoms with Crippen molar-refractivity contribution in [2.24, 2.45) is 0 Å². The molecule has 2 heterocycles. The third kappa shape index (κ3) is 3.85. The van der Waals surface area contributed by atoms with Crippen LogP contribution in [0.2, 0.25) is 0 Å². The van der Waals surface area contributed by atoms with E-state index >= 15 is 0 Å². The number of hydrogen-bond donors (Lipinski definition) is 2. The molecule has 6 nitrogen and oxygen atoms in total. The van der Waals surface area contributed by atoms with Crippen molar-refractivity contribution in [2.75, 3.05) is 19.6 Å². The van der Waals surface area contributed by atoms with Gasteiger partial charge in [0.2, 0.25) is 0 Å². The normalized spacial score (nSPS) is 15.1. The SMILES string of the molecule is Cc1c(C(=O)NCCc2ccc3ccccc3c2)nnn1C1CCNCC1. The highest BCUT2D eigenvalue weighted by Crippen LogP contribution is 2.20. The predicted molar refractivity (Wildman–Crippen MR) is 106 cm³/mol. The second kappa shape index (κ2) is 7.88. The average Bonchev–Trinajstić information content (AvgIpc) is 3.10. The van der Waals surface area contributed by atoms with Gasteiger partial charge in [-0.2, -0.15) is 0 Å². The Kier molecular flexibility index (Phi) is 5.16. The Labute approximate surface area is 159 Å². The second-order valence-corrected chi connectivity index (χ2v) is 7.14. The van der Waals surface area contributed by atoms with Crippen LogP contribution in [0.25, 0.3) is 10.8 Å². The van der Waals surface area contributed by atoms with E-state index in [0.29, 0.717) is 18.3 Å². The molecule has 1 fully saturated rings. The fraction of sp³-hybridized carbons (Fsp3) is 0.381. The zero-order chi connectivity index (χ0) is 18.6. The van der Waals surface area contributed by atoms with Gasteiger partial charge in [0.25, 0.3) is 5.91 Å². The summed E-state index contributed by atoms with van der Waals surface area (Å²) >= 11 is 0. The minimum absolute atomic E-state index is 0.145. The minimum Gasteiger partial charge on any atom is -0.350 e. The van der Waals surface area contributed by atoms with Crippen molar-refractivity contribution in [3.63, 3.8) is 0 Å². The molecule has 27 heavy (non-hydrogen) atoms.